The van der Waals surface area contributed by atoms with Crippen LogP contribution in [0.1, 0.15) is 42.8 Å². The highest BCUT2D eigenvalue weighted by Gasteiger charge is 2.23. The molecule has 0 aliphatic heterocycles. The zero-order chi connectivity index (χ0) is 15.8. The molecule has 0 aliphatic rings. The van der Waals surface area contributed by atoms with Gasteiger partial charge in [-0.05, 0) is 19.3 Å². The van der Waals surface area contributed by atoms with Crippen LogP contribution in [0.4, 0.5) is 10.7 Å². The zero-order valence-electron chi connectivity index (χ0n) is 13.3. The number of hydrogen-bond acceptors (Lipinski definition) is 6. The van der Waals surface area contributed by atoms with E-state index in [1.54, 1.807) is 14.2 Å². The molecule has 0 unspecified atom stereocenters. The lowest BCUT2D eigenvalue weighted by Gasteiger charge is -2.06. The van der Waals surface area contributed by atoms with Gasteiger partial charge in [-0.15, -0.1) is 11.3 Å². The summed E-state index contributed by atoms with van der Waals surface area (Å²) in [6, 6.07) is 0. The van der Waals surface area contributed by atoms with Gasteiger partial charge in [0, 0.05) is 26.2 Å². The van der Waals surface area contributed by atoms with E-state index in [1.165, 1.54) is 11.3 Å². The van der Waals surface area contributed by atoms with Crippen molar-refractivity contribution in [3.63, 3.8) is 0 Å². The summed E-state index contributed by atoms with van der Waals surface area (Å²) >= 11 is 1.38. The Hall–Kier alpha value is -1.27. The van der Waals surface area contributed by atoms with Crippen molar-refractivity contribution in [2.24, 2.45) is 5.92 Å². The first-order valence-electron chi connectivity index (χ1n) is 7.26. The topological polar surface area (TPSA) is 73.6 Å². The molecule has 120 valence electrons. The van der Waals surface area contributed by atoms with Crippen molar-refractivity contribution in [2.75, 3.05) is 38.4 Å². The van der Waals surface area contributed by atoms with Gasteiger partial charge in [0.25, 0.3) is 0 Å². The number of nitrogens with two attached hydrogens (primary N) is 1. The van der Waals surface area contributed by atoms with E-state index >= 15 is 0 Å². The number of ketones is 1. The van der Waals surface area contributed by atoms with Crippen LogP contribution in [0.3, 0.4) is 0 Å². The smallest absolute Gasteiger partial charge is 0.177 e. The van der Waals surface area contributed by atoms with Crippen LogP contribution >= 0.6 is 11.3 Å². The second kappa shape index (κ2) is 8.89. The van der Waals surface area contributed by atoms with Gasteiger partial charge >= 0.3 is 0 Å². The summed E-state index contributed by atoms with van der Waals surface area (Å²) < 4.78 is 10.4. The standard InChI is InChI=1S/C15H26N2O3S/c1-10(2)12(18)14-11(16)13(20-4)15(21-14)17-8-6-5-7-9-19-3/h10,17H,5-9,16H2,1-4H3. The third kappa shape index (κ3) is 4.89. The first kappa shape index (κ1) is 17.8. The van der Waals surface area contributed by atoms with Crippen LogP contribution in [-0.4, -0.2) is 33.2 Å². The summed E-state index contributed by atoms with van der Waals surface area (Å²) in [5.74, 6) is 0.572. The average Bonchev–Trinajstić information content (AvgIpc) is 2.77. The van der Waals surface area contributed by atoms with Crippen LogP contribution in [-0.2, 0) is 4.74 Å². The molecule has 1 aromatic heterocycles. The summed E-state index contributed by atoms with van der Waals surface area (Å²) in [5.41, 5.74) is 6.48. The summed E-state index contributed by atoms with van der Waals surface area (Å²) in [6.45, 7) is 5.37. The fourth-order valence-corrected chi connectivity index (χ4v) is 3.15. The third-order valence-electron chi connectivity index (χ3n) is 3.16. The lowest BCUT2D eigenvalue weighted by Crippen LogP contribution is -2.07. The number of carbonyl (C=O) groups excluding carboxylic acids is 1. The van der Waals surface area contributed by atoms with Crippen molar-refractivity contribution in [3.8, 4) is 5.75 Å². The maximum atomic E-state index is 12.1. The molecule has 6 heteroatoms. The second-order valence-corrected chi connectivity index (χ2v) is 6.23. The van der Waals surface area contributed by atoms with E-state index in [2.05, 4.69) is 5.32 Å². The molecule has 0 amide bonds. The maximum Gasteiger partial charge on any atom is 0.177 e. The van der Waals surface area contributed by atoms with Crippen LogP contribution in [0, 0.1) is 5.92 Å². The highest BCUT2D eigenvalue weighted by atomic mass is 32.1. The van der Waals surface area contributed by atoms with Gasteiger partial charge in [-0.2, -0.15) is 0 Å². The molecule has 0 spiro atoms. The van der Waals surface area contributed by atoms with Crippen molar-refractivity contribution in [2.45, 2.75) is 33.1 Å². The lowest BCUT2D eigenvalue weighted by atomic mass is 10.1. The molecule has 0 aliphatic carbocycles. The quantitative estimate of drug-likeness (QED) is 0.511. The van der Waals surface area contributed by atoms with E-state index in [0.29, 0.717) is 16.3 Å². The van der Waals surface area contributed by atoms with Gasteiger partial charge in [0.15, 0.2) is 11.5 Å². The Labute approximate surface area is 130 Å². The Morgan fingerprint density at radius 3 is 2.57 bits per heavy atom. The number of nitrogens with one attached hydrogen (secondary N) is 1. The summed E-state index contributed by atoms with van der Waals surface area (Å²) in [5, 5.41) is 4.16. The van der Waals surface area contributed by atoms with Gasteiger partial charge in [0.2, 0.25) is 0 Å². The van der Waals surface area contributed by atoms with Gasteiger partial charge in [0.1, 0.15) is 5.00 Å². The van der Waals surface area contributed by atoms with Crippen molar-refractivity contribution in [3.05, 3.63) is 4.88 Å². The van der Waals surface area contributed by atoms with Crippen molar-refractivity contribution in [1.29, 1.82) is 0 Å². The fraction of sp³-hybridized carbons (Fsp3) is 0.667. The van der Waals surface area contributed by atoms with Gasteiger partial charge in [-0.1, -0.05) is 13.8 Å². The van der Waals surface area contributed by atoms with Crippen LogP contribution in [0.2, 0.25) is 0 Å². The third-order valence-corrected chi connectivity index (χ3v) is 4.32. The van der Waals surface area contributed by atoms with E-state index < -0.39 is 0 Å². The summed E-state index contributed by atoms with van der Waals surface area (Å²) in [7, 11) is 3.29. The lowest BCUT2D eigenvalue weighted by molar-refractivity contribution is 0.0944. The highest BCUT2D eigenvalue weighted by Crippen LogP contribution is 2.43. The Morgan fingerprint density at radius 2 is 2.00 bits per heavy atom. The van der Waals surface area contributed by atoms with E-state index in [-0.39, 0.29) is 11.7 Å². The molecular formula is C15H26N2O3S. The largest absolute Gasteiger partial charge is 0.492 e. The first-order valence-corrected chi connectivity index (χ1v) is 8.07. The minimum Gasteiger partial charge on any atom is -0.492 e. The Bertz CT molecular complexity index is 458. The second-order valence-electron chi connectivity index (χ2n) is 5.21. The molecule has 1 aromatic rings. The minimum atomic E-state index is -0.0717. The number of carbonyl (C=O) groups is 1. The average molecular weight is 314 g/mol. The predicted octanol–water partition coefficient (Wildman–Crippen LogP) is 3.41. The number of unbranched alkanes of at least 4 members (excludes halogenated alkanes) is 2. The van der Waals surface area contributed by atoms with Crippen molar-refractivity contribution in [1.82, 2.24) is 0 Å². The van der Waals surface area contributed by atoms with Crippen LogP contribution < -0.4 is 15.8 Å². The molecule has 0 atom stereocenters. The van der Waals surface area contributed by atoms with Crippen molar-refractivity contribution >= 4 is 27.8 Å². The Kier molecular flexibility index (Phi) is 7.53. The molecule has 5 nitrogen and oxygen atoms in total. The number of ether oxygens (including phenoxy) is 2. The molecule has 0 fully saturated rings. The van der Waals surface area contributed by atoms with Gasteiger partial charge in [-0.3, -0.25) is 4.79 Å². The van der Waals surface area contributed by atoms with E-state index in [1.807, 2.05) is 13.8 Å². The number of anilines is 2. The minimum absolute atomic E-state index is 0.0592. The zero-order valence-corrected chi connectivity index (χ0v) is 14.1. The molecule has 0 saturated carbocycles. The molecular weight excluding hydrogens is 288 g/mol. The normalized spacial score (nSPS) is 10.9. The SMILES string of the molecule is COCCCCCNc1sc(C(=O)C(C)C)c(N)c1OC. The first-order chi connectivity index (χ1) is 10.0. The molecule has 0 saturated heterocycles. The van der Waals surface area contributed by atoms with Crippen molar-refractivity contribution < 1.29 is 14.3 Å². The van der Waals surface area contributed by atoms with Gasteiger partial charge in [0.05, 0.1) is 17.7 Å². The van der Waals surface area contributed by atoms with Crippen LogP contribution in [0.5, 0.6) is 5.75 Å². The number of hydrogen-bond donors (Lipinski definition) is 2. The van der Waals surface area contributed by atoms with Crippen LogP contribution in [0.25, 0.3) is 0 Å². The summed E-state index contributed by atoms with van der Waals surface area (Å²) in [4.78, 5) is 12.7. The molecule has 1 heterocycles. The maximum absolute atomic E-state index is 12.1. The molecule has 0 radical (unpaired) electrons. The molecule has 0 bridgehead atoms. The molecule has 0 aromatic carbocycles. The van der Waals surface area contributed by atoms with E-state index in [4.69, 9.17) is 15.2 Å². The summed E-state index contributed by atoms with van der Waals surface area (Å²) in [6.07, 6.45) is 3.19. The van der Waals surface area contributed by atoms with E-state index in [9.17, 15) is 4.79 Å². The van der Waals surface area contributed by atoms with E-state index in [0.717, 1.165) is 37.4 Å². The van der Waals surface area contributed by atoms with Gasteiger partial charge < -0.3 is 20.5 Å². The number of thiophene rings is 1. The molecule has 21 heavy (non-hydrogen) atoms. The number of Topliss-reactive ketones (excluding diaryl/α,β-unsaturated/α-hetero) is 1. The molecule has 3 N–H and O–H groups in total. The monoisotopic (exact) mass is 314 g/mol. The molecule has 1 rings (SSSR count). The number of nitrogen functional groups attached to an aromatic ring is 1. The number of methoxy groups -OCH3 is 2. The predicted molar refractivity (Wildman–Crippen MR) is 88.7 cm³/mol. The van der Waals surface area contributed by atoms with Gasteiger partial charge in [-0.25, -0.2) is 0 Å². The Balaban J connectivity index is 2.65. The Morgan fingerprint density at radius 1 is 1.29 bits per heavy atom. The highest BCUT2D eigenvalue weighted by molar-refractivity contribution is 7.19. The number of rotatable bonds is 10. The fourth-order valence-electron chi connectivity index (χ4n) is 1.94. The van der Waals surface area contributed by atoms with Crippen LogP contribution in [0.15, 0.2) is 0 Å².